The van der Waals surface area contributed by atoms with Gasteiger partial charge in [-0.2, -0.15) is 0 Å². The highest BCUT2D eigenvalue weighted by atomic mass is 16.5. The predicted molar refractivity (Wildman–Crippen MR) is 70.0 cm³/mol. The summed E-state index contributed by atoms with van der Waals surface area (Å²) >= 11 is 0. The van der Waals surface area contributed by atoms with Gasteiger partial charge in [0.15, 0.2) is 5.76 Å². The van der Waals surface area contributed by atoms with Crippen LogP contribution in [0, 0.1) is 12.8 Å². The molecule has 1 aromatic heterocycles. The molecule has 5 heteroatoms. The number of rotatable bonds is 3. The van der Waals surface area contributed by atoms with E-state index in [0.717, 1.165) is 49.4 Å². The molecular weight excluding hydrogens is 244 g/mol. The molecule has 1 N–H and O–H groups in total. The van der Waals surface area contributed by atoms with Crippen LogP contribution in [0.2, 0.25) is 0 Å². The summed E-state index contributed by atoms with van der Waals surface area (Å²) in [5.41, 5.74) is 1.55. The normalized spacial score (nSPS) is 27.3. The monoisotopic (exact) mass is 264 g/mol. The molecule has 5 nitrogen and oxygen atoms in total. The number of nitrogens with one attached hydrogen (secondary N) is 1. The number of aromatic nitrogens is 1. The van der Waals surface area contributed by atoms with E-state index in [1.165, 1.54) is 0 Å². The van der Waals surface area contributed by atoms with Crippen molar-refractivity contribution in [3.8, 4) is 0 Å². The second kappa shape index (κ2) is 4.96. The molecule has 0 bridgehead atoms. The van der Waals surface area contributed by atoms with E-state index in [1.807, 2.05) is 13.8 Å². The minimum absolute atomic E-state index is 0.0155. The van der Waals surface area contributed by atoms with Crippen LogP contribution >= 0.6 is 0 Å². The number of anilines is 1. The van der Waals surface area contributed by atoms with Gasteiger partial charge in [0.25, 0.3) is 0 Å². The summed E-state index contributed by atoms with van der Waals surface area (Å²) in [6.45, 7) is 4.59. The van der Waals surface area contributed by atoms with Gasteiger partial charge >= 0.3 is 0 Å². The summed E-state index contributed by atoms with van der Waals surface area (Å²) in [5.74, 6) is 1.24. The van der Waals surface area contributed by atoms with Crippen molar-refractivity contribution in [1.82, 2.24) is 5.16 Å². The van der Waals surface area contributed by atoms with Crippen molar-refractivity contribution < 1.29 is 14.1 Å². The van der Waals surface area contributed by atoms with Gasteiger partial charge in [0.1, 0.15) is 11.4 Å². The molecule has 1 aliphatic heterocycles. The van der Waals surface area contributed by atoms with E-state index in [4.69, 9.17) is 9.26 Å². The molecule has 19 heavy (non-hydrogen) atoms. The average Bonchev–Trinajstić information content (AvgIpc) is 3.17. The minimum atomic E-state index is -0.0740. The Labute approximate surface area is 112 Å². The first kappa shape index (κ1) is 12.7. The number of aryl methyl sites for hydroxylation is 1. The van der Waals surface area contributed by atoms with Gasteiger partial charge in [0.05, 0.1) is 12.0 Å². The number of amides is 1. The first-order chi connectivity index (χ1) is 9.16. The van der Waals surface area contributed by atoms with Crippen molar-refractivity contribution in [2.45, 2.75) is 51.6 Å². The van der Waals surface area contributed by atoms with Gasteiger partial charge in [-0.1, -0.05) is 5.16 Å². The molecule has 1 aromatic rings. The quantitative estimate of drug-likeness (QED) is 0.911. The molecule has 104 valence electrons. The number of carbonyl (C=O) groups excluding carboxylic acids is 1. The maximum Gasteiger partial charge on any atom is 0.230 e. The highest BCUT2D eigenvalue weighted by Crippen LogP contribution is 2.44. The summed E-state index contributed by atoms with van der Waals surface area (Å²) in [5, 5.41) is 6.98. The first-order valence-corrected chi connectivity index (χ1v) is 7.05. The fourth-order valence-corrected chi connectivity index (χ4v) is 2.65. The molecule has 2 aliphatic rings. The van der Waals surface area contributed by atoms with Gasteiger partial charge in [-0.15, -0.1) is 0 Å². The summed E-state index contributed by atoms with van der Waals surface area (Å²) in [6, 6.07) is 0. The smallest absolute Gasteiger partial charge is 0.230 e. The lowest BCUT2D eigenvalue weighted by Crippen LogP contribution is -2.36. The van der Waals surface area contributed by atoms with E-state index in [1.54, 1.807) is 0 Å². The Morgan fingerprint density at radius 2 is 2.16 bits per heavy atom. The lowest BCUT2D eigenvalue weighted by Gasteiger charge is -2.27. The molecule has 0 radical (unpaired) electrons. The van der Waals surface area contributed by atoms with E-state index in [0.29, 0.717) is 5.92 Å². The second-order valence-corrected chi connectivity index (χ2v) is 5.60. The third-order valence-electron chi connectivity index (χ3n) is 4.03. The van der Waals surface area contributed by atoms with Crippen molar-refractivity contribution in [1.29, 1.82) is 0 Å². The fraction of sp³-hybridized carbons (Fsp3) is 0.714. The van der Waals surface area contributed by atoms with Crippen molar-refractivity contribution in [2.24, 2.45) is 5.92 Å². The number of hydrogen-bond donors (Lipinski definition) is 1. The molecule has 0 spiro atoms. The Hall–Kier alpha value is -1.36. The van der Waals surface area contributed by atoms with Crippen LogP contribution in [-0.4, -0.2) is 23.8 Å². The summed E-state index contributed by atoms with van der Waals surface area (Å²) in [4.78, 5) is 12.4. The molecule has 0 aromatic carbocycles. The SMILES string of the molecule is Cc1noc(C2CC2)c1NC(=O)C1CCCOC1C. The largest absolute Gasteiger partial charge is 0.378 e. The zero-order valence-electron chi connectivity index (χ0n) is 11.4. The molecule has 1 saturated heterocycles. The van der Waals surface area contributed by atoms with E-state index in [-0.39, 0.29) is 17.9 Å². The van der Waals surface area contributed by atoms with Crippen molar-refractivity contribution in [3.05, 3.63) is 11.5 Å². The molecule has 3 rings (SSSR count). The Morgan fingerprint density at radius 3 is 2.84 bits per heavy atom. The zero-order chi connectivity index (χ0) is 13.4. The van der Waals surface area contributed by atoms with Crippen LogP contribution in [0.5, 0.6) is 0 Å². The summed E-state index contributed by atoms with van der Waals surface area (Å²) < 4.78 is 10.9. The van der Waals surface area contributed by atoms with Gasteiger partial charge < -0.3 is 14.6 Å². The van der Waals surface area contributed by atoms with Crippen molar-refractivity contribution in [3.63, 3.8) is 0 Å². The average molecular weight is 264 g/mol. The fourth-order valence-electron chi connectivity index (χ4n) is 2.65. The third kappa shape index (κ3) is 2.52. The zero-order valence-corrected chi connectivity index (χ0v) is 11.4. The molecular formula is C14H20N2O3. The molecule has 2 heterocycles. The van der Waals surface area contributed by atoms with Gasteiger partial charge in [-0.3, -0.25) is 4.79 Å². The van der Waals surface area contributed by atoms with Gasteiger partial charge in [0.2, 0.25) is 5.91 Å². The Balaban J connectivity index is 1.73. The third-order valence-corrected chi connectivity index (χ3v) is 4.03. The van der Waals surface area contributed by atoms with E-state index < -0.39 is 0 Å². The number of carbonyl (C=O) groups is 1. The van der Waals surface area contributed by atoms with Crippen LogP contribution < -0.4 is 5.32 Å². The number of nitrogens with zero attached hydrogens (tertiary/aromatic N) is 1. The maximum absolute atomic E-state index is 12.4. The highest BCUT2D eigenvalue weighted by molar-refractivity contribution is 5.94. The van der Waals surface area contributed by atoms with Crippen molar-refractivity contribution in [2.75, 3.05) is 11.9 Å². The first-order valence-electron chi connectivity index (χ1n) is 7.05. The van der Waals surface area contributed by atoms with Crippen molar-refractivity contribution >= 4 is 11.6 Å². The standard InChI is InChI=1S/C14H20N2O3/c1-8-12(13(19-16-8)10-5-6-10)15-14(17)11-4-3-7-18-9(11)2/h9-11H,3-7H2,1-2H3,(H,15,17). The Morgan fingerprint density at radius 1 is 1.37 bits per heavy atom. The maximum atomic E-state index is 12.4. The molecule has 1 amide bonds. The van der Waals surface area contributed by atoms with E-state index in [2.05, 4.69) is 10.5 Å². The predicted octanol–water partition coefficient (Wildman–Crippen LogP) is 2.61. The number of ether oxygens (including phenoxy) is 1. The lowest BCUT2D eigenvalue weighted by atomic mass is 9.94. The van der Waals surface area contributed by atoms with E-state index in [9.17, 15) is 4.79 Å². The number of hydrogen-bond acceptors (Lipinski definition) is 4. The molecule has 1 aliphatic carbocycles. The van der Waals surface area contributed by atoms with Crippen LogP contribution in [0.3, 0.4) is 0 Å². The Bertz CT molecular complexity index is 479. The topological polar surface area (TPSA) is 64.4 Å². The molecule has 2 unspecified atom stereocenters. The van der Waals surface area contributed by atoms with Crippen LogP contribution in [0.4, 0.5) is 5.69 Å². The van der Waals surface area contributed by atoms with Crippen LogP contribution in [0.1, 0.15) is 50.0 Å². The minimum Gasteiger partial charge on any atom is -0.378 e. The van der Waals surface area contributed by atoms with Gasteiger partial charge in [-0.05, 0) is 39.5 Å². The molecule has 2 atom stereocenters. The van der Waals surface area contributed by atoms with Gasteiger partial charge in [0, 0.05) is 12.5 Å². The molecule has 1 saturated carbocycles. The highest BCUT2D eigenvalue weighted by Gasteiger charge is 2.34. The van der Waals surface area contributed by atoms with E-state index >= 15 is 0 Å². The van der Waals surface area contributed by atoms with Crippen LogP contribution in [0.15, 0.2) is 4.52 Å². The second-order valence-electron chi connectivity index (χ2n) is 5.60. The van der Waals surface area contributed by atoms with Crippen LogP contribution in [-0.2, 0) is 9.53 Å². The van der Waals surface area contributed by atoms with Gasteiger partial charge in [-0.25, -0.2) is 0 Å². The van der Waals surface area contributed by atoms with Crippen LogP contribution in [0.25, 0.3) is 0 Å². The Kier molecular flexibility index (Phi) is 3.31. The summed E-state index contributed by atoms with van der Waals surface area (Å²) in [6.07, 6.45) is 4.07. The lowest BCUT2D eigenvalue weighted by molar-refractivity contribution is -0.127. The summed E-state index contributed by atoms with van der Waals surface area (Å²) in [7, 11) is 0. The molecule has 2 fully saturated rings.